The SMILES string of the molecule is C[C@H](Oc1ccc(N(C)S(C)(=O)=O)cc1)C(=O)Nc1nnc(-c2ccc(Cl)cc2)s1. The van der Waals surface area contributed by atoms with E-state index >= 15 is 0 Å². The largest absolute Gasteiger partial charge is 0.481 e. The molecule has 0 aliphatic carbocycles. The lowest BCUT2D eigenvalue weighted by atomic mass is 10.2. The smallest absolute Gasteiger partial charge is 0.266 e. The third-order valence-electron chi connectivity index (χ3n) is 4.13. The molecule has 30 heavy (non-hydrogen) atoms. The first-order valence-corrected chi connectivity index (χ1v) is 11.8. The first kappa shape index (κ1) is 22.0. The molecule has 0 saturated carbocycles. The van der Waals surface area contributed by atoms with E-state index in [4.69, 9.17) is 16.3 Å². The standard InChI is InChI=1S/C19H19ClN4O4S2/c1-12(28-16-10-8-15(9-11-16)24(2)30(3,26)27)17(25)21-19-23-22-18(29-19)13-4-6-14(20)7-5-13/h4-12H,1-3H3,(H,21,23,25)/t12-/m0/s1. The molecule has 0 fully saturated rings. The first-order valence-electron chi connectivity index (χ1n) is 8.74. The van der Waals surface area contributed by atoms with E-state index in [1.165, 1.54) is 18.4 Å². The minimum Gasteiger partial charge on any atom is -0.481 e. The Hall–Kier alpha value is -2.69. The normalized spacial score (nSPS) is 12.3. The number of nitrogens with zero attached hydrogens (tertiary/aromatic N) is 3. The van der Waals surface area contributed by atoms with Crippen molar-refractivity contribution in [2.75, 3.05) is 22.9 Å². The molecular formula is C19H19ClN4O4S2. The molecular weight excluding hydrogens is 448 g/mol. The van der Waals surface area contributed by atoms with E-state index in [0.29, 0.717) is 26.6 Å². The van der Waals surface area contributed by atoms with Crippen molar-refractivity contribution in [3.05, 3.63) is 53.6 Å². The highest BCUT2D eigenvalue weighted by molar-refractivity contribution is 7.92. The summed E-state index contributed by atoms with van der Waals surface area (Å²) in [5, 5.41) is 12.4. The van der Waals surface area contributed by atoms with Crippen LogP contribution in [0.2, 0.25) is 5.02 Å². The molecule has 0 bridgehead atoms. The second-order valence-corrected chi connectivity index (χ2v) is 9.82. The molecule has 0 unspecified atom stereocenters. The Morgan fingerprint density at radius 3 is 2.37 bits per heavy atom. The van der Waals surface area contributed by atoms with Gasteiger partial charge in [0.2, 0.25) is 15.2 Å². The number of anilines is 2. The molecule has 1 N–H and O–H groups in total. The summed E-state index contributed by atoms with van der Waals surface area (Å²) in [5.74, 6) is 0.0496. The second kappa shape index (κ2) is 8.99. The van der Waals surface area contributed by atoms with E-state index in [9.17, 15) is 13.2 Å². The van der Waals surface area contributed by atoms with Gasteiger partial charge in [-0.05, 0) is 43.3 Å². The number of carbonyl (C=O) groups is 1. The number of nitrogens with one attached hydrogen (secondary N) is 1. The van der Waals surface area contributed by atoms with Crippen LogP contribution in [0.1, 0.15) is 6.92 Å². The van der Waals surface area contributed by atoms with Crippen LogP contribution >= 0.6 is 22.9 Å². The summed E-state index contributed by atoms with van der Waals surface area (Å²) in [7, 11) is -1.89. The highest BCUT2D eigenvalue weighted by atomic mass is 35.5. The predicted octanol–water partition coefficient (Wildman–Crippen LogP) is 3.66. The number of carbonyl (C=O) groups excluding carboxylic acids is 1. The zero-order valence-electron chi connectivity index (χ0n) is 16.4. The zero-order valence-corrected chi connectivity index (χ0v) is 18.8. The Bertz CT molecular complexity index is 1130. The highest BCUT2D eigenvalue weighted by Crippen LogP contribution is 2.27. The van der Waals surface area contributed by atoms with E-state index in [1.54, 1.807) is 43.3 Å². The van der Waals surface area contributed by atoms with Crippen LogP contribution in [-0.4, -0.2) is 43.9 Å². The fraction of sp³-hybridized carbons (Fsp3) is 0.211. The molecule has 0 aliphatic heterocycles. The number of ether oxygens (including phenoxy) is 1. The van der Waals surface area contributed by atoms with Crippen molar-refractivity contribution in [1.82, 2.24) is 10.2 Å². The third-order valence-corrected chi connectivity index (χ3v) is 6.47. The van der Waals surface area contributed by atoms with Crippen LogP contribution < -0.4 is 14.4 Å². The molecule has 158 valence electrons. The molecule has 0 saturated heterocycles. The van der Waals surface area contributed by atoms with Crippen LogP contribution in [0, 0.1) is 0 Å². The van der Waals surface area contributed by atoms with Crippen LogP contribution in [0.4, 0.5) is 10.8 Å². The number of hydrogen-bond acceptors (Lipinski definition) is 7. The van der Waals surface area contributed by atoms with Gasteiger partial charge in [0.15, 0.2) is 6.10 Å². The molecule has 2 aromatic carbocycles. The van der Waals surface area contributed by atoms with Crippen molar-refractivity contribution in [2.45, 2.75) is 13.0 Å². The van der Waals surface area contributed by atoms with Gasteiger partial charge in [0, 0.05) is 17.6 Å². The molecule has 1 aromatic heterocycles. The van der Waals surface area contributed by atoms with Crippen LogP contribution in [-0.2, 0) is 14.8 Å². The second-order valence-electron chi connectivity index (χ2n) is 6.39. The van der Waals surface area contributed by atoms with Crippen LogP contribution in [0.15, 0.2) is 48.5 Å². The summed E-state index contributed by atoms with van der Waals surface area (Å²) >= 11 is 7.12. The summed E-state index contributed by atoms with van der Waals surface area (Å²) in [4.78, 5) is 12.4. The number of hydrogen-bond donors (Lipinski definition) is 1. The van der Waals surface area contributed by atoms with Crippen molar-refractivity contribution in [3.63, 3.8) is 0 Å². The molecule has 1 amide bonds. The van der Waals surface area contributed by atoms with Gasteiger partial charge in [0.05, 0.1) is 11.9 Å². The number of sulfonamides is 1. The summed E-state index contributed by atoms with van der Waals surface area (Å²) in [6.07, 6.45) is 0.321. The molecule has 1 atom stereocenters. The molecule has 8 nitrogen and oxygen atoms in total. The average Bonchev–Trinajstić information content (AvgIpc) is 3.16. The number of halogens is 1. The quantitative estimate of drug-likeness (QED) is 0.570. The van der Waals surface area contributed by atoms with Crippen molar-refractivity contribution in [2.24, 2.45) is 0 Å². The summed E-state index contributed by atoms with van der Waals surface area (Å²) in [6.45, 7) is 1.60. The van der Waals surface area contributed by atoms with E-state index in [-0.39, 0.29) is 5.91 Å². The molecule has 3 aromatic rings. The van der Waals surface area contributed by atoms with E-state index in [0.717, 1.165) is 16.1 Å². The number of rotatable bonds is 7. The lowest BCUT2D eigenvalue weighted by molar-refractivity contribution is -0.122. The molecule has 0 aliphatic rings. The van der Waals surface area contributed by atoms with Gasteiger partial charge in [-0.2, -0.15) is 0 Å². The topological polar surface area (TPSA) is 101 Å². The average molecular weight is 467 g/mol. The zero-order chi connectivity index (χ0) is 21.9. The summed E-state index contributed by atoms with van der Waals surface area (Å²) < 4.78 is 30.0. The maximum Gasteiger partial charge on any atom is 0.266 e. The number of aromatic nitrogens is 2. The van der Waals surface area contributed by atoms with E-state index < -0.39 is 16.1 Å². The maximum absolute atomic E-state index is 12.4. The summed E-state index contributed by atoms with van der Waals surface area (Å²) in [6, 6.07) is 13.6. The Kier molecular flexibility index (Phi) is 6.59. The van der Waals surface area contributed by atoms with Crippen LogP contribution in [0.25, 0.3) is 10.6 Å². The van der Waals surface area contributed by atoms with Gasteiger partial charge in [0.1, 0.15) is 10.8 Å². The molecule has 11 heteroatoms. The number of benzene rings is 2. The van der Waals surface area contributed by atoms with E-state index in [1.807, 2.05) is 12.1 Å². The Morgan fingerprint density at radius 2 is 1.77 bits per heavy atom. The molecule has 0 spiro atoms. The fourth-order valence-corrected chi connectivity index (χ4v) is 3.76. The van der Waals surface area contributed by atoms with Crippen LogP contribution in [0.3, 0.4) is 0 Å². The Labute approximate surface area is 183 Å². The Balaban J connectivity index is 1.60. The highest BCUT2D eigenvalue weighted by Gasteiger charge is 2.18. The van der Waals surface area contributed by atoms with Gasteiger partial charge < -0.3 is 4.74 Å². The lowest BCUT2D eigenvalue weighted by Crippen LogP contribution is -2.30. The molecule has 3 rings (SSSR count). The summed E-state index contributed by atoms with van der Waals surface area (Å²) in [5.41, 5.74) is 1.34. The van der Waals surface area contributed by atoms with Gasteiger partial charge in [-0.3, -0.25) is 14.4 Å². The predicted molar refractivity (Wildman–Crippen MR) is 119 cm³/mol. The van der Waals surface area contributed by atoms with Gasteiger partial charge in [-0.15, -0.1) is 10.2 Å². The lowest BCUT2D eigenvalue weighted by Gasteiger charge is -2.18. The van der Waals surface area contributed by atoms with Crippen molar-refractivity contribution in [3.8, 4) is 16.3 Å². The Morgan fingerprint density at radius 1 is 1.13 bits per heavy atom. The third kappa shape index (κ3) is 5.47. The number of amides is 1. The molecule has 0 radical (unpaired) electrons. The first-order chi connectivity index (χ1) is 14.1. The van der Waals surface area contributed by atoms with Gasteiger partial charge in [0.25, 0.3) is 5.91 Å². The minimum absolute atomic E-state index is 0.352. The van der Waals surface area contributed by atoms with Crippen molar-refractivity contribution < 1.29 is 17.9 Å². The van der Waals surface area contributed by atoms with E-state index in [2.05, 4.69) is 15.5 Å². The maximum atomic E-state index is 12.4. The van der Waals surface area contributed by atoms with Gasteiger partial charge >= 0.3 is 0 Å². The van der Waals surface area contributed by atoms with Gasteiger partial charge in [-0.1, -0.05) is 35.1 Å². The fourth-order valence-electron chi connectivity index (χ4n) is 2.37. The molecule has 1 heterocycles. The monoisotopic (exact) mass is 466 g/mol. The van der Waals surface area contributed by atoms with Crippen LogP contribution in [0.5, 0.6) is 5.75 Å². The minimum atomic E-state index is -3.35. The van der Waals surface area contributed by atoms with Crippen molar-refractivity contribution in [1.29, 1.82) is 0 Å². The van der Waals surface area contributed by atoms with Crippen molar-refractivity contribution >= 4 is 49.7 Å². The van der Waals surface area contributed by atoms with Gasteiger partial charge in [-0.25, -0.2) is 8.42 Å².